The normalized spacial score (nSPS) is 15.2. The van der Waals surface area contributed by atoms with Gasteiger partial charge in [-0.25, -0.2) is 13.4 Å². The minimum absolute atomic E-state index is 0.0383. The van der Waals surface area contributed by atoms with Crippen LogP contribution in [0.2, 0.25) is 0 Å². The summed E-state index contributed by atoms with van der Waals surface area (Å²) in [5.74, 6) is 6.36. The van der Waals surface area contributed by atoms with Crippen LogP contribution >= 0.6 is 0 Å². The molecule has 0 atom stereocenters. The Morgan fingerprint density at radius 1 is 1.18 bits per heavy atom. The van der Waals surface area contributed by atoms with Crippen LogP contribution < -0.4 is 15.4 Å². The molecular formula is C26H30F3N5O3S. The van der Waals surface area contributed by atoms with Gasteiger partial charge < -0.3 is 24.7 Å². The number of piperidine rings is 1. The van der Waals surface area contributed by atoms with Gasteiger partial charge in [-0.3, -0.25) is 0 Å². The van der Waals surface area contributed by atoms with Crippen molar-refractivity contribution < 1.29 is 26.3 Å². The molecule has 1 aliphatic rings. The van der Waals surface area contributed by atoms with E-state index in [1.54, 1.807) is 12.3 Å². The van der Waals surface area contributed by atoms with Crippen LogP contribution in [0, 0.1) is 11.8 Å². The average Bonchev–Trinajstić information content (AvgIpc) is 3.24. The third kappa shape index (κ3) is 6.90. The summed E-state index contributed by atoms with van der Waals surface area (Å²) in [6, 6.07) is 6.50. The Bertz CT molecular complexity index is 1470. The Kier molecular flexibility index (Phi) is 8.08. The van der Waals surface area contributed by atoms with Crippen molar-refractivity contribution in [2.75, 3.05) is 50.7 Å². The molecule has 0 spiro atoms. The van der Waals surface area contributed by atoms with Crippen molar-refractivity contribution in [1.29, 1.82) is 0 Å². The lowest BCUT2D eigenvalue weighted by atomic mass is 10.1. The third-order valence-electron chi connectivity index (χ3n) is 6.34. The Labute approximate surface area is 220 Å². The molecule has 1 aromatic carbocycles. The summed E-state index contributed by atoms with van der Waals surface area (Å²) >= 11 is 0. The number of imidazole rings is 1. The Balaban J connectivity index is 1.58. The van der Waals surface area contributed by atoms with Gasteiger partial charge in [0.05, 0.1) is 42.0 Å². The molecule has 1 aliphatic heterocycles. The SMILES string of the molecule is COc1cc(S(C)(=O)=O)ccc1NCC#Cc1cc(NC2CCN(C)CC2)c2ncc(CC(F)(F)F)n2c1. The zero-order chi connectivity index (χ0) is 27.5. The first kappa shape index (κ1) is 27.6. The minimum Gasteiger partial charge on any atom is -0.495 e. The number of pyridine rings is 1. The lowest BCUT2D eigenvalue weighted by molar-refractivity contribution is -0.127. The zero-order valence-electron chi connectivity index (χ0n) is 21.4. The van der Waals surface area contributed by atoms with Gasteiger partial charge in [0.15, 0.2) is 15.5 Å². The summed E-state index contributed by atoms with van der Waals surface area (Å²) in [5, 5.41) is 6.56. The van der Waals surface area contributed by atoms with Gasteiger partial charge in [0.1, 0.15) is 5.75 Å². The number of likely N-dealkylation sites (tertiary alicyclic amines) is 1. The predicted molar refractivity (Wildman–Crippen MR) is 141 cm³/mol. The Hall–Kier alpha value is -3.43. The molecule has 1 fully saturated rings. The van der Waals surface area contributed by atoms with Gasteiger partial charge in [-0.1, -0.05) is 11.8 Å². The highest BCUT2D eigenvalue weighted by atomic mass is 32.2. The number of methoxy groups -OCH3 is 1. The summed E-state index contributed by atoms with van der Waals surface area (Å²) in [4.78, 5) is 6.65. The van der Waals surface area contributed by atoms with E-state index in [1.807, 2.05) is 6.07 Å². The van der Waals surface area contributed by atoms with E-state index in [4.69, 9.17) is 4.74 Å². The largest absolute Gasteiger partial charge is 0.495 e. The van der Waals surface area contributed by atoms with Gasteiger partial charge >= 0.3 is 6.18 Å². The van der Waals surface area contributed by atoms with Crippen molar-refractivity contribution >= 4 is 26.9 Å². The maximum atomic E-state index is 13.2. The van der Waals surface area contributed by atoms with Crippen LogP contribution in [-0.2, 0) is 16.3 Å². The molecule has 3 aromatic rings. The molecule has 12 heteroatoms. The number of rotatable bonds is 7. The van der Waals surface area contributed by atoms with Gasteiger partial charge in [0.2, 0.25) is 0 Å². The number of halogens is 3. The number of hydrogen-bond acceptors (Lipinski definition) is 7. The molecule has 0 saturated carbocycles. The lowest BCUT2D eigenvalue weighted by Gasteiger charge is -2.30. The van der Waals surface area contributed by atoms with Crippen molar-refractivity contribution in [1.82, 2.24) is 14.3 Å². The van der Waals surface area contributed by atoms with E-state index < -0.39 is 22.4 Å². The van der Waals surface area contributed by atoms with E-state index in [-0.39, 0.29) is 23.2 Å². The third-order valence-corrected chi connectivity index (χ3v) is 7.45. The first-order valence-corrected chi connectivity index (χ1v) is 13.9. The van der Waals surface area contributed by atoms with Crippen molar-refractivity contribution in [3.8, 4) is 17.6 Å². The summed E-state index contributed by atoms with van der Waals surface area (Å²) < 4.78 is 69.9. The fourth-order valence-corrected chi connectivity index (χ4v) is 4.99. The molecule has 2 N–H and O–H groups in total. The fraction of sp³-hybridized carbons (Fsp3) is 0.423. The van der Waals surface area contributed by atoms with Crippen LogP contribution in [0.4, 0.5) is 24.5 Å². The molecule has 0 amide bonds. The average molecular weight is 550 g/mol. The van der Waals surface area contributed by atoms with Crippen LogP contribution in [-0.4, -0.2) is 75.0 Å². The highest BCUT2D eigenvalue weighted by Crippen LogP contribution is 2.28. The van der Waals surface area contributed by atoms with Gasteiger partial charge in [-0.15, -0.1) is 0 Å². The van der Waals surface area contributed by atoms with Gasteiger partial charge in [-0.05, 0) is 51.2 Å². The number of aromatic nitrogens is 2. The number of anilines is 2. The molecular weight excluding hydrogens is 519 g/mol. The van der Waals surface area contributed by atoms with Gasteiger partial charge in [0, 0.05) is 36.3 Å². The molecule has 0 unspecified atom stereocenters. The second kappa shape index (κ2) is 11.1. The van der Waals surface area contributed by atoms with Crippen LogP contribution in [0.25, 0.3) is 5.65 Å². The molecule has 4 rings (SSSR count). The second-order valence-corrected chi connectivity index (χ2v) is 11.4. The van der Waals surface area contributed by atoms with Crippen molar-refractivity contribution in [2.24, 2.45) is 0 Å². The topological polar surface area (TPSA) is 88.0 Å². The van der Waals surface area contributed by atoms with E-state index in [9.17, 15) is 21.6 Å². The molecule has 8 nitrogen and oxygen atoms in total. The smallest absolute Gasteiger partial charge is 0.394 e. The summed E-state index contributed by atoms with van der Waals surface area (Å²) in [6.45, 7) is 2.06. The molecule has 0 radical (unpaired) electrons. The molecule has 0 aliphatic carbocycles. The minimum atomic E-state index is -4.37. The van der Waals surface area contributed by atoms with E-state index >= 15 is 0 Å². The first-order valence-electron chi connectivity index (χ1n) is 12.1. The lowest BCUT2D eigenvalue weighted by Crippen LogP contribution is -2.36. The molecule has 1 saturated heterocycles. The Morgan fingerprint density at radius 2 is 1.92 bits per heavy atom. The molecule has 0 bridgehead atoms. The highest BCUT2D eigenvalue weighted by molar-refractivity contribution is 7.90. The number of alkyl halides is 3. The van der Waals surface area contributed by atoms with E-state index in [1.165, 1.54) is 29.8 Å². The quantitative estimate of drug-likeness (QED) is 0.434. The molecule has 2 aromatic heterocycles. The standard InChI is InChI=1S/C26H30F3N5O3S/c1-33-11-8-19(9-12-33)32-23-13-18(17-34-20(15-26(27,28)29)16-31-25(23)34)5-4-10-30-22-7-6-21(38(3,35)36)14-24(22)37-2/h6-7,13-14,16-17,19,30,32H,8-12,15H2,1-3H3. The van der Waals surface area contributed by atoms with Crippen molar-refractivity contribution in [2.45, 2.75) is 36.4 Å². The molecule has 38 heavy (non-hydrogen) atoms. The fourth-order valence-electron chi connectivity index (χ4n) is 4.35. The second-order valence-electron chi connectivity index (χ2n) is 9.39. The number of fused-ring (bicyclic) bond motifs is 1. The van der Waals surface area contributed by atoms with Crippen LogP contribution in [0.3, 0.4) is 0 Å². The summed E-state index contributed by atoms with van der Waals surface area (Å²) in [6.07, 6.45) is 0.314. The Morgan fingerprint density at radius 3 is 2.58 bits per heavy atom. The molecule has 3 heterocycles. The van der Waals surface area contributed by atoms with Crippen LogP contribution in [0.1, 0.15) is 24.1 Å². The number of benzene rings is 1. The van der Waals surface area contributed by atoms with Crippen molar-refractivity contribution in [3.63, 3.8) is 0 Å². The van der Waals surface area contributed by atoms with Crippen molar-refractivity contribution in [3.05, 3.63) is 47.9 Å². The maximum Gasteiger partial charge on any atom is 0.394 e. The number of sulfone groups is 1. The number of nitrogens with zero attached hydrogens (tertiary/aromatic N) is 3. The van der Waals surface area contributed by atoms with Crippen LogP contribution in [0.5, 0.6) is 5.75 Å². The predicted octanol–water partition coefficient (Wildman–Crippen LogP) is 3.82. The number of nitrogens with one attached hydrogen (secondary N) is 2. The zero-order valence-corrected chi connectivity index (χ0v) is 22.2. The monoisotopic (exact) mass is 549 g/mol. The highest BCUT2D eigenvalue weighted by Gasteiger charge is 2.30. The van der Waals surface area contributed by atoms with E-state index in [2.05, 4.69) is 39.4 Å². The van der Waals surface area contributed by atoms with Crippen LogP contribution in [0.15, 0.2) is 41.6 Å². The van der Waals surface area contributed by atoms with Gasteiger partial charge in [0.25, 0.3) is 0 Å². The maximum absolute atomic E-state index is 13.2. The van der Waals surface area contributed by atoms with E-state index in [0.29, 0.717) is 28.3 Å². The summed E-state index contributed by atoms with van der Waals surface area (Å²) in [5.41, 5.74) is 2.22. The number of ether oxygens (including phenoxy) is 1. The molecule has 204 valence electrons. The van der Waals surface area contributed by atoms with E-state index in [0.717, 1.165) is 32.2 Å². The first-order chi connectivity index (χ1) is 17.9. The van der Waals surface area contributed by atoms with Gasteiger partial charge in [-0.2, -0.15) is 13.2 Å². The summed E-state index contributed by atoms with van der Waals surface area (Å²) in [7, 11) is 0.121. The number of hydrogen-bond donors (Lipinski definition) is 2.